The van der Waals surface area contributed by atoms with Crippen molar-refractivity contribution in [2.45, 2.75) is 39.2 Å². The maximum absolute atomic E-state index is 2.66. The summed E-state index contributed by atoms with van der Waals surface area (Å²) in [7, 11) is 0. The molecule has 0 N–H and O–H groups in total. The molecule has 0 saturated carbocycles. The molecule has 2 aliphatic rings. The van der Waals surface area contributed by atoms with Crippen LogP contribution in [0.5, 0.6) is 0 Å². The van der Waals surface area contributed by atoms with Gasteiger partial charge in [0.15, 0.2) is 0 Å². The Bertz CT molecular complexity index is 746. The second-order valence-corrected chi connectivity index (χ2v) is 7.78. The summed E-state index contributed by atoms with van der Waals surface area (Å²) in [6.45, 7) is 8.12. The topological polar surface area (TPSA) is 3.24 Å². The molecule has 1 fully saturated rings. The molecule has 1 aliphatic heterocycles. The van der Waals surface area contributed by atoms with Crippen LogP contribution in [-0.4, -0.2) is 18.0 Å². The van der Waals surface area contributed by atoms with Crippen LogP contribution in [0.3, 0.4) is 0 Å². The Morgan fingerprint density at radius 1 is 1.12 bits per heavy atom. The monoisotopic (exact) mass is 317 g/mol. The van der Waals surface area contributed by atoms with E-state index in [1.54, 1.807) is 11.1 Å². The number of likely N-dealkylation sites (tertiary alicyclic amines) is 1. The number of fused-ring (bicyclic) bond motifs is 3. The molecule has 1 nitrogen and oxygen atoms in total. The van der Waals surface area contributed by atoms with Gasteiger partial charge >= 0.3 is 0 Å². The molecule has 0 unspecified atom stereocenters. The molecular formula is C23H27N. The minimum Gasteiger partial charge on any atom is -0.298 e. The fourth-order valence-corrected chi connectivity index (χ4v) is 4.84. The largest absolute Gasteiger partial charge is 0.298 e. The Balaban J connectivity index is 1.62. The van der Waals surface area contributed by atoms with Crippen molar-refractivity contribution in [2.75, 3.05) is 13.1 Å². The summed E-state index contributed by atoms with van der Waals surface area (Å²) >= 11 is 0. The predicted octanol–water partition coefficient (Wildman–Crippen LogP) is 5.27. The van der Waals surface area contributed by atoms with Crippen LogP contribution < -0.4 is 0 Å². The average molecular weight is 317 g/mol. The standard InChI is InChI=1S/C23H27N/c1-3-8-19-11-7-12-21-20(19)13-14-23(2)17-24(16-22(21)23)15-18-9-5-4-6-10-18/h3-12,22H,13-17H2,1-2H3/t22-,23+/m0/s1. The summed E-state index contributed by atoms with van der Waals surface area (Å²) in [4.78, 5) is 2.66. The molecule has 1 saturated heterocycles. The minimum atomic E-state index is 0.427. The van der Waals surface area contributed by atoms with E-state index < -0.39 is 0 Å². The zero-order valence-electron chi connectivity index (χ0n) is 14.8. The highest BCUT2D eigenvalue weighted by atomic mass is 15.2. The normalized spacial score (nSPS) is 26.5. The van der Waals surface area contributed by atoms with Gasteiger partial charge < -0.3 is 0 Å². The van der Waals surface area contributed by atoms with E-state index >= 15 is 0 Å². The molecule has 24 heavy (non-hydrogen) atoms. The molecule has 0 spiro atoms. The van der Waals surface area contributed by atoms with Crippen molar-refractivity contribution in [3.8, 4) is 0 Å². The first-order valence-corrected chi connectivity index (χ1v) is 9.20. The number of nitrogens with zero attached hydrogens (tertiary/aromatic N) is 1. The predicted molar refractivity (Wildman–Crippen MR) is 102 cm³/mol. The second kappa shape index (κ2) is 6.22. The van der Waals surface area contributed by atoms with Gasteiger partial charge in [0.1, 0.15) is 0 Å². The molecule has 1 aliphatic carbocycles. The lowest BCUT2D eigenvalue weighted by atomic mass is 9.66. The highest BCUT2D eigenvalue weighted by Gasteiger charge is 2.46. The molecule has 0 radical (unpaired) electrons. The molecule has 1 heteroatoms. The van der Waals surface area contributed by atoms with Gasteiger partial charge in [-0.05, 0) is 47.4 Å². The first kappa shape index (κ1) is 15.7. The van der Waals surface area contributed by atoms with Gasteiger partial charge in [0.2, 0.25) is 0 Å². The molecule has 1 heterocycles. The molecule has 0 bridgehead atoms. The van der Waals surface area contributed by atoms with E-state index in [0.29, 0.717) is 11.3 Å². The third kappa shape index (κ3) is 2.71. The number of hydrogen-bond acceptors (Lipinski definition) is 1. The molecule has 0 aromatic heterocycles. The Labute approximate surface area is 146 Å². The third-order valence-electron chi connectivity index (χ3n) is 6.03. The summed E-state index contributed by atoms with van der Waals surface area (Å²) in [5.74, 6) is 0.676. The van der Waals surface area contributed by atoms with Gasteiger partial charge in [-0.1, -0.05) is 67.6 Å². The SMILES string of the molecule is CC=Cc1cccc2c1CC[C@]1(C)CN(Cc3ccccc3)C[C@@H]21. The van der Waals surface area contributed by atoms with E-state index in [-0.39, 0.29) is 0 Å². The maximum Gasteiger partial charge on any atom is 0.0234 e. The van der Waals surface area contributed by atoms with Crippen LogP contribution in [-0.2, 0) is 13.0 Å². The van der Waals surface area contributed by atoms with Crippen LogP contribution in [0, 0.1) is 5.41 Å². The van der Waals surface area contributed by atoms with Crippen LogP contribution in [0.4, 0.5) is 0 Å². The van der Waals surface area contributed by atoms with Crippen LogP contribution in [0.1, 0.15) is 48.4 Å². The molecule has 2 atom stereocenters. The van der Waals surface area contributed by atoms with Crippen molar-refractivity contribution in [2.24, 2.45) is 5.41 Å². The molecule has 2 aromatic rings. The summed E-state index contributed by atoms with van der Waals surface area (Å²) in [5.41, 5.74) is 6.49. The van der Waals surface area contributed by atoms with Gasteiger partial charge in [-0.25, -0.2) is 0 Å². The van der Waals surface area contributed by atoms with E-state index in [9.17, 15) is 0 Å². The molecule has 124 valence electrons. The third-order valence-corrected chi connectivity index (χ3v) is 6.03. The van der Waals surface area contributed by atoms with Crippen molar-refractivity contribution < 1.29 is 0 Å². The minimum absolute atomic E-state index is 0.427. The van der Waals surface area contributed by atoms with Crippen LogP contribution in [0.15, 0.2) is 54.6 Å². The maximum atomic E-state index is 2.66. The summed E-state index contributed by atoms with van der Waals surface area (Å²) in [6, 6.07) is 17.8. The van der Waals surface area contributed by atoms with Gasteiger partial charge in [-0.2, -0.15) is 0 Å². The Morgan fingerprint density at radius 3 is 2.75 bits per heavy atom. The van der Waals surface area contributed by atoms with E-state index in [0.717, 1.165) is 6.54 Å². The number of benzene rings is 2. The number of allylic oxidation sites excluding steroid dienone is 1. The molecule has 0 amide bonds. The smallest absolute Gasteiger partial charge is 0.0234 e. The van der Waals surface area contributed by atoms with E-state index in [4.69, 9.17) is 0 Å². The quantitative estimate of drug-likeness (QED) is 0.745. The van der Waals surface area contributed by atoms with Gasteiger partial charge in [0.05, 0.1) is 0 Å². The lowest BCUT2D eigenvalue weighted by molar-refractivity contribution is 0.240. The van der Waals surface area contributed by atoms with E-state index in [1.807, 2.05) is 0 Å². The van der Waals surface area contributed by atoms with Crippen molar-refractivity contribution in [1.82, 2.24) is 4.90 Å². The van der Waals surface area contributed by atoms with Crippen molar-refractivity contribution >= 4 is 6.08 Å². The summed E-state index contributed by atoms with van der Waals surface area (Å²) in [5, 5.41) is 0. The average Bonchev–Trinajstić information content (AvgIpc) is 2.93. The first-order valence-electron chi connectivity index (χ1n) is 9.20. The molecule has 2 aromatic carbocycles. The lowest BCUT2D eigenvalue weighted by Crippen LogP contribution is -2.31. The van der Waals surface area contributed by atoms with Crippen molar-refractivity contribution in [3.05, 3.63) is 76.9 Å². The van der Waals surface area contributed by atoms with Crippen molar-refractivity contribution in [1.29, 1.82) is 0 Å². The van der Waals surface area contributed by atoms with Crippen molar-refractivity contribution in [3.63, 3.8) is 0 Å². The number of hydrogen-bond donors (Lipinski definition) is 0. The van der Waals surface area contributed by atoms with Gasteiger partial charge in [0, 0.05) is 25.6 Å². The van der Waals surface area contributed by atoms with Gasteiger partial charge in [-0.15, -0.1) is 0 Å². The molecular weight excluding hydrogens is 290 g/mol. The Morgan fingerprint density at radius 2 is 1.96 bits per heavy atom. The van der Waals surface area contributed by atoms with E-state index in [1.165, 1.54) is 37.1 Å². The first-order chi connectivity index (χ1) is 11.7. The zero-order valence-corrected chi connectivity index (χ0v) is 14.8. The van der Waals surface area contributed by atoms with Gasteiger partial charge in [-0.3, -0.25) is 4.90 Å². The highest BCUT2D eigenvalue weighted by molar-refractivity contribution is 5.57. The summed E-state index contributed by atoms with van der Waals surface area (Å²) in [6.07, 6.45) is 6.98. The summed E-state index contributed by atoms with van der Waals surface area (Å²) < 4.78 is 0. The fourth-order valence-electron chi connectivity index (χ4n) is 4.84. The Hall–Kier alpha value is -1.86. The van der Waals surface area contributed by atoms with Crippen LogP contribution >= 0.6 is 0 Å². The highest BCUT2D eigenvalue weighted by Crippen LogP contribution is 2.51. The van der Waals surface area contributed by atoms with Crippen LogP contribution in [0.25, 0.3) is 6.08 Å². The second-order valence-electron chi connectivity index (χ2n) is 7.78. The zero-order chi connectivity index (χ0) is 16.6. The van der Waals surface area contributed by atoms with Gasteiger partial charge in [0.25, 0.3) is 0 Å². The fraction of sp³-hybridized carbons (Fsp3) is 0.391. The van der Waals surface area contributed by atoms with E-state index in [2.05, 4.69) is 79.4 Å². The number of rotatable bonds is 3. The molecule has 4 rings (SSSR count). The lowest BCUT2D eigenvalue weighted by Gasteiger charge is -2.37. The van der Waals surface area contributed by atoms with Crippen LogP contribution in [0.2, 0.25) is 0 Å². The Kier molecular flexibility index (Phi) is 4.05.